The number of aromatic nitrogens is 1. The zero-order chi connectivity index (χ0) is 22.4. The third kappa shape index (κ3) is 6.26. The van der Waals surface area contributed by atoms with Crippen LogP contribution in [0.4, 0.5) is 5.69 Å². The van der Waals surface area contributed by atoms with Crippen molar-refractivity contribution in [3.63, 3.8) is 0 Å². The zero-order valence-electron chi connectivity index (χ0n) is 19.5. The Labute approximate surface area is 189 Å². The van der Waals surface area contributed by atoms with Gasteiger partial charge in [-0.1, -0.05) is 20.8 Å². The highest BCUT2D eigenvalue weighted by Crippen LogP contribution is 2.30. The summed E-state index contributed by atoms with van der Waals surface area (Å²) in [6, 6.07) is 6.42. The second kappa shape index (κ2) is 10.2. The zero-order valence-corrected chi connectivity index (χ0v) is 20.3. The minimum absolute atomic E-state index is 0.0869. The fourth-order valence-corrected chi connectivity index (χ4v) is 4.46. The molecule has 1 aliphatic heterocycles. The van der Waals surface area contributed by atoms with Crippen LogP contribution in [0.1, 0.15) is 44.3 Å². The number of ether oxygens (including phenoxy) is 2. The van der Waals surface area contributed by atoms with Gasteiger partial charge in [0.15, 0.2) is 5.96 Å². The first-order valence-electron chi connectivity index (χ1n) is 10.7. The van der Waals surface area contributed by atoms with Crippen molar-refractivity contribution in [3.05, 3.63) is 34.3 Å². The van der Waals surface area contributed by atoms with Gasteiger partial charge >= 0.3 is 0 Å². The summed E-state index contributed by atoms with van der Waals surface area (Å²) >= 11 is 1.72. The molecule has 0 bridgehead atoms. The Bertz CT molecular complexity index is 860. The lowest BCUT2D eigenvalue weighted by atomic mass is 9.98. The predicted molar refractivity (Wildman–Crippen MR) is 129 cm³/mol. The van der Waals surface area contributed by atoms with E-state index in [-0.39, 0.29) is 5.41 Å². The Morgan fingerprint density at radius 1 is 1.16 bits per heavy atom. The van der Waals surface area contributed by atoms with Crippen molar-refractivity contribution in [3.8, 4) is 11.5 Å². The Morgan fingerprint density at radius 3 is 2.32 bits per heavy atom. The average Bonchev–Trinajstić information content (AvgIpc) is 3.26. The quantitative estimate of drug-likeness (QED) is 0.521. The molecule has 7 nitrogen and oxygen atoms in total. The lowest BCUT2D eigenvalue weighted by Gasteiger charge is -2.34. The maximum absolute atomic E-state index is 5.41. The first-order chi connectivity index (χ1) is 14.8. The molecule has 2 aromatic rings. The van der Waals surface area contributed by atoms with E-state index in [1.54, 1.807) is 25.6 Å². The Balaban J connectivity index is 1.51. The van der Waals surface area contributed by atoms with Gasteiger partial charge in [0, 0.05) is 60.9 Å². The molecule has 0 saturated carbocycles. The van der Waals surface area contributed by atoms with E-state index in [4.69, 9.17) is 14.5 Å². The summed E-state index contributed by atoms with van der Waals surface area (Å²) in [6.45, 7) is 9.18. The van der Waals surface area contributed by atoms with E-state index in [0.717, 1.165) is 59.8 Å². The number of nitrogens with one attached hydrogen (secondary N) is 2. The molecule has 170 valence electrons. The summed E-state index contributed by atoms with van der Waals surface area (Å²) in [7, 11) is 5.18. The van der Waals surface area contributed by atoms with E-state index in [2.05, 4.69) is 58.8 Å². The van der Waals surface area contributed by atoms with Gasteiger partial charge in [0.25, 0.3) is 0 Å². The van der Waals surface area contributed by atoms with Crippen molar-refractivity contribution < 1.29 is 9.47 Å². The van der Waals surface area contributed by atoms with Gasteiger partial charge in [0.2, 0.25) is 0 Å². The molecule has 0 spiro atoms. The van der Waals surface area contributed by atoms with Crippen LogP contribution in [0, 0.1) is 0 Å². The van der Waals surface area contributed by atoms with E-state index in [1.165, 1.54) is 0 Å². The minimum Gasteiger partial charge on any atom is -0.497 e. The first-order valence-corrected chi connectivity index (χ1v) is 11.6. The van der Waals surface area contributed by atoms with Gasteiger partial charge in [-0.05, 0) is 12.8 Å². The van der Waals surface area contributed by atoms with E-state index >= 15 is 0 Å². The number of guanidine groups is 1. The highest BCUT2D eigenvalue weighted by molar-refractivity contribution is 7.09. The molecule has 3 rings (SSSR count). The Kier molecular flexibility index (Phi) is 7.64. The van der Waals surface area contributed by atoms with Crippen LogP contribution in [0.2, 0.25) is 0 Å². The van der Waals surface area contributed by atoms with Crippen molar-refractivity contribution in [2.75, 3.05) is 39.3 Å². The van der Waals surface area contributed by atoms with Crippen LogP contribution >= 0.6 is 11.3 Å². The summed E-state index contributed by atoms with van der Waals surface area (Å²) in [6.07, 6.45) is 2.07. The van der Waals surface area contributed by atoms with E-state index in [1.807, 2.05) is 13.1 Å². The third-order valence-electron chi connectivity index (χ3n) is 5.39. The molecule has 1 aliphatic rings. The first kappa shape index (κ1) is 23.2. The Morgan fingerprint density at radius 2 is 1.81 bits per heavy atom. The summed E-state index contributed by atoms with van der Waals surface area (Å²) in [5, 5.41) is 10.3. The second-order valence-electron chi connectivity index (χ2n) is 8.80. The van der Waals surface area contributed by atoms with Gasteiger partial charge in [-0.2, -0.15) is 0 Å². The standard InChI is InChI=1S/C23H35N5O2S/c1-23(2,3)21-26-17(15-31-21)14-25-22(24-4)27-16-7-9-28(10-8-16)18-11-19(29-5)13-20(12-18)30-6/h11-13,15-16H,7-10,14H2,1-6H3,(H2,24,25,27). The molecule has 0 amide bonds. The smallest absolute Gasteiger partial charge is 0.191 e. The topological polar surface area (TPSA) is 71.0 Å². The van der Waals surface area contributed by atoms with Crippen molar-refractivity contribution >= 4 is 23.0 Å². The second-order valence-corrected chi connectivity index (χ2v) is 9.65. The fourth-order valence-electron chi connectivity index (χ4n) is 3.55. The number of rotatable bonds is 6. The highest BCUT2D eigenvalue weighted by atomic mass is 32.1. The highest BCUT2D eigenvalue weighted by Gasteiger charge is 2.22. The number of hydrogen-bond acceptors (Lipinski definition) is 6. The monoisotopic (exact) mass is 445 g/mol. The van der Waals surface area contributed by atoms with Crippen LogP contribution in [-0.2, 0) is 12.0 Å². The summed E-state index contributed by atoms with van der Waals surface area (Å²) in [5.74, 6) is 2.46. The number of aliphatic imine (C=N–C) groups is 1. The molecule has 2 heterocycles. The largest absolute Gasteiger partial charge is 0.497 e. The number of piperidine rings is 1. The van der Waals surface area contributed by atoms with Crippen molar-refractivity contribution in [1.82, 2.24) is 15.6 Å². The van der Waals surface area contributed by atoms with Gasteiger partial charge in [-0.15, -0.1) is 11.3 Å². The molecule has 1 fully saturated rings. The number of anilines is 1. The van der Waals surface area contributed by atoms with Crippen LogP contribution in [0.25, 0.3) is 0 Å². The number of methoxy groups -OCH3 is 2. The Hall–Kier alpha value is -2.48. The van der Waals surface area contributed by atoms with Crippen LogP contribution < -0.4 is 25.0 Å². The predicted octanol–water partition coefficient (Wildman–Crippen LogP) is 3.79. The van der Waals surface area contributed by atoms with Gasteiger partial charge < -0.3 is 25.0 Å². The van der Waals surface area contributed by atoms with Crippen molar-refractivity contribution in [2.45, 2.75) is 51.6 Å². The molecule has 0 aliphatic carbocycles. The van der Waals surface area contributed by atoms with Gasteiger partial charge in [-0.3, -0.25) is 4.99 Å². The maximum atomic E-state index is 5.41. The maximum Gasteiger partial charge on any atom is 0.191 e. The third-order valence-corrected chi connectivity index (χ3v) is 6.71. The molecule has 1 aromatic carbocycles. The summed E-state index contributed by atoms with van der Waals surface area (Å²) < 4.78 is 10.8. The summed E-state index contributed by atoms with van der Waals surface area (Å²) in [5.41, 5.74) is 2.28. The molecule has 8 heteroatoms. The van der Waals surface area contributed by atoms with Crippen molar-refractivity contribution in [2.24, 2.45) is 4.99 Å². The van der Waals surface area contributed by atoms with E-state index < -0.39 is 0 Å². The molecule has 31 heavy (non-hydrogen) atoms. The molecule has 1 aromatic heterocycles. The molecular weight excluding hydrogens is 410 g/mol. The van der Waals surface area contributed by atoms with E-state index in [9.17, 15) is 0 Å². The van der Waals surface area contributed by atoms with Crippen LogP contribution in [0.5, 0.6) is 11.5 Å². The van der Waals surface area contributed by atoms with Gasteiger partial charge in [0.1, 0.15) is 11.5 Å². The lowest BCUT2D eigenvalue weighted by Crippen LogP contribution is -2.48. The van der Waals surface area contributed by atoms with Crippen LogP contribution in [0.15, 0.2) is 28.6 Å². The number of hydrogen-bond donors (Lipinski definition) is 2. The number of benzene rings is 1. The average molecular weight is 446 g/mol. The van der Waals surface area contributed by atoms with E-state index in [0.29, 0.717) is 12.6 Å². The minimum atomic E-state index is 0.0869. The molecule has 1 saturated heterocycles. The van der Waals surface area contributed by atoms with Crippen LogP contribution in [-0.4, -0.2) is 51.3 Å². The van der Waals surface area contributed by atoms with Crippen LogP contribution in [0.3, 0.4) is 0 Å². The van der Waals surface area contributed by atoms with Gasteiger partial charge in [0.05, 0.1) is 31.5 Å². The normalized spacial score (nSPS) is 15.7. The molecule has 2 N–H and O–H groups in total. The lowest BCUT2D eigenvalue weighted by molar-refractivity contribution is 0.393. The molecule has 0 atom stereocenters. The SMILES string of the molecule is CN=C(NCc1csc(C(C)(C)C)n1)NC1CCN(c2cc(OC)cc(OC)c2)CC1. The number of nitrogens with zero attached hydrogens (tertiary/aromatic N) is 3. The molecule has 0 unspecified atom stereocenters. The summed E-state index contributed by atoms with van der Waals surface area (Å²) in [4.78, 5) is 11.5. The van der Waals surface area contributed by atoms with Gasteiger partial charge in [-0.25, -0.2) is 4.98 Å². The van der Waals surface area contributed by atoms with Crippen molar-refractivity contribution in [1.29, 1.82) is 0 Å². The molecule has 0 radical (unpaired) electrons. The number of thiazole rings is 1. The fraction of sp³-hybridized carbons (Fsp3) is 0.565. The molecular formula is C23H35N5O2S.